The molecule has 3 rings (SSSR count). The van der Waals surface area contributed by atoms with Gasteiger partial charge in [-0.3, -0.25) is 14.5 Å². The molecule has 0 spiro atoms. The van der Waals surface area contributed by atoms with Crippen LogP contribution in [0.1, 0.15) is 50.4 Å². The Balaban J connectivity index is 1.96. The molecule has 2 amide bonds. The SMILES string of the molecule is Cc1cc2c(c(F)c1NC(=O)CC(C)(C)C)OC(C)C(=O)N2Cc1csc(C(F)(F)F)n1. The smallest absolute Gasteiger partial charge is 0.443 e. The Morgan fingerprint density at radius 3 is 2.53 bits per heavy atom. The van der Waals surface area contributed by atoms with Gasteiger partial charge in [-0.05, 0) is 30.9 Å². The van der Waals surface area contributed by atoms with Crippen LogP contribution in [0.2, 0.25) is 0 Å². The fraction of sp³-hybridized carbons (Fsp3) is 0.476. The number of amides is 2. The first-order chi connectivity index (χ1) is 14.7. The first-order valence-corrected chi connectivity index (χ1v) is 10.7. The number of benzene rings is 1. The molecular formula is C21H23F4N3O3S. The van der Waals surface area contributed by atoms with E-state index >= 15 is 4.39 Å². The van der Waals surface area contributed by atoms with E-state index in [1.165, 1.54) is 18.4 Å². The van der Waals surface area contributed by atoms with Crippen molar-refractivity contribution >= 4 is 34.5 Å². The van der Waals surface area contributed by atoms with Crippen LogP contribution in [0.5, 0.6) is 5.75 Å². The summed E-state index contributed by atoms with van der Waals surface area (Å²) >= 11 is 0.421. The molecule has 32 heavy (non-hydrogen) atoms. The van der Waals surface area contributed by atoms with Gasteiger partial charge >= 0.3 is 6.18 Å². The van der Waals surface area contributed by atoms with E-state index in [9.17, 15) is 22.8 Å². The molecule has 2 heterocycles. The summed E-state index contributed by atoms with van der Waals surface area (Å²) in [6.07, 6.45) is -5.50. The summed E-state index contributed by atoms with van der Waals surface area (Å²) < 4.78 is 59.4. The maximum absolute atomic E-state index is 15.3. The third-order valence-corrected chi connectivity index (χ3v) is 5.60. The molecule has 1 aromatic carbocycles. The Morgan fingerprint density at radius 1 is 1.31 bits per heavy atom. The minimum absolute atomic E-state index is 0.0244. The van der Waals surface area contributed by atoms with Crippen molar-refractivity contribution in [1.82, 2.24) is 4.98 Å². The van der Waals surface area contributed by atoms with Crippen LogP contribution in [-0.4, -0.2) is 22.9 Å². The maximum Gasteiger partial charge on any atom is 0.443 e. The molecule has 0 bridgehead atoms. The van der Waals surface area contributed by atoms with Gasteiger partial charge < -0.3 is 10.1 Å². The second-order valence-electron chi connectivity index (χ2n) is 8.84. The molecule has 1 aromatic heterocycles. The number of rotatable bonds is 4. The number of hydrogen-bond donors (Lipinski definition) is 1. The molecule has 0 saturated heterocycles. The number of aryl methyl sites for hydroxylation is 1. The van der Waals surface area contributed by atoms with E-state index in [1.54, 1.807) is 6.92 Å². The number of nitrogens with one attached hydrogen (secondary N) is 1. The molecular weight excluding hydrogens is 450 g/mol. The molecule has 1 N–H and O–H groups in total. The van der Waals surface area contributed by atoms with Crippen LogP contribution in [-0.2, 0) is 22.3 Å². The quantitative estimate of drug-likeness (QED) is 0.612. The van der Waals surface area contributed by atoms with Gasteiger partial charge in [0.15, 0.2) is 22.7 Å². The van der Waals surface area contributed by atoms with Crippen molar-refractivity contribution in [2.75, 3.05) is 10.2 Å². The lowest BCUT2D eigenvalue weighted by Gasteiger charge is -2.33. The van der Waals surface area contributed by atoms with Gasteiger partial charge in [0.05, 0.1) is 23.6 Å². The summed E-state index contributed by atoms with van der Waals surface area (Å²) in [6, 6.07) is 1.46. The van der Waals surface area contributed by atoms with Crippen LogP contribution < -0.4 is 15.0 Å². The molecule has 0 saturated carbocycles. The van der Waals surface area contributed by atoms with Crippen LogP contribution in [0, 0.1) is 18.2 Å². The highest BCUT2D eigenvalue weighted by Crippen LogP contribution is 2.42. The van der Waals surface area contributed by atoms with Crippen molar-refractivity contribution in [3.8, 4) is 5.75 Å². The predicted molar refractivity (Wildman–Crippen MR) is 112 cm³/mol. The number of thiazole rings is 1. The van der Waals surface area contributed by atoms with Gasteiger partial charge in [-0.1, -0.05) is 20.8 Å². The van der Waals surface area contributed by atoms with Gasteiger partial charge in [0.25, 0.3) is 5.91 Å². The molecule has 11 heteroatoms. The Morgan fingerprint density at radius 2 is 1.97 bits per heavy atom. The Kier molecular flexibility index (Phi) is 6.25. The van der Waals surface area contributed by atoms with Crippen molar-refractivity contribution in [3.63, 3.8) is 0 Å². The lowest BCUT2D eigenvalue weighted by atomic mass is 9.92. The number of fused-ring (bicyclic) bond motifs is 1. The Labute approximate surface area is 186 Å². The number of ether oxygens (including phenoxy) is 1. The van der Waals surface area contributed by atoms with E-state index in [2.05, 4.69) is 10.3 Å². The number of hydrogen-bond acceptors (Lipinski definition) is 5. The highest BCUT2D eigenvalue weighted by atomic mass is 32.1. The van der Waals surface area contributed by atoms with Gasteiger partial charge in [0.1, 0.15) is 0 Å². The number of carbonyl (C=O) groups is 2. The van der Waals surface area contributed by atoms with Gasteiger partial charge in [-0.2, -0.15) is 13.2 Å². The summed E-state index contributed by atoms with van der Waals surface area (Å²) in [5, 5.41) is 2.74. The minimum atomic E-state index is -4.59. The molecule has 1 unspecified atom stereocenters. The maximum atomic E-state index is 15.3. The summed E-state index contributed by atoms with van der Waals surface area (Å²) in [7, 11) is 0. The number of anilines is 2. The van der Waals surface area contributed by atoms with Gasteiger partial charge in [0.2, 0.25) is 5.91 Å². The molecule has 174 valence electrons. The second kappa shape index (κ2) is 8.34. The predicted octanol–water partition coefficient (Wildman–Crippen LogP) is 5.30. The van der Waals surface area contributed by atoms with Crippen LogP contribution in [0.25, 0.3) is 0 Å². The van der Waals surface area contributed by atoms with E-state index < -0.39 is 29.0 Å². The minimum Gasteiger partial charge on any atom is -0.476 e. The number of halogens is 4. The topological polar surface area (TPSA) is 71.5 Å². The van der Waals surface area contributed by atoms with Crippen LogP contribution in [0.15, 0.2) is 11.4 Å². The van der Waals surface area contributed by atoms with Crippen molar-refractivity contribution in [1.29, 1.82) is 0 Å². The average molecular weight is 473 g/mol. The molecule has 6 nitrogen and oxygen atoms in total. The summed E-state index contributed by atoms with van der Waals surface area (Å²) in [4.78, 5) is 29.7. The molecule has 1 aliphatic heterocycles. The first kappa shape index (κ1) is 24.0. The van der Waals surface area contributed by atoms with Crippen LogP contribution in [0.4, 0.5) is 28.9 Å². The lowest BCUT2D eigenvalue weighted by molar-refractivity contribution is -0.137. The zero-order valence-corrected chi connectivity index (χ0v) is 19.0. The van der Waals surface area contributed by atoms with E-state index in [-0.39, 0.29) is 47.1 Å². The van der Waals surface area contributed by atoms with Crippen molar-refractivity contribution in [3.05, 3.63) is 33.5 Å². The number of carbonyl (C=O) groups excluding carboxylic acids is 2. The average Bonchev–Trinajstić information content (AvgIpc) is 3.11. The third kappa shape index (κ3) is 5.03. The van der Waals surface area contributed by atoms with Gasteiger partial charge in [-0.25, -0.2) is 9.37 Å². The lowest BCUT2D eigenvalue weighted by Crippen LogP contribution is -2.44. The molecule has 0 aliphatic carbocycles. The highest BCUT2D eigenvalue weighted by Gasteiger charge is 2.38. The monoisotopic (exact) mass is 473 g/mol. The van der Waals surface area contributed by atoms with E-state index in [0.29, 0.717) is 16.9 Å². The fourth-order valence-corrected chi connectivity index (χ4v) is 3.95. The van der Waals surface area contributed by atoms with Gasteiger partial charge in [-0.15, -0.1) is 11.3 Å². The number of aromatic nitrogens is 1. The normalized spacial score (nSPS) is 16.6. The van der Waals surface area contributed by atoms with Crippen LogP contribution in [0.3, 0.4) is 0 Å². The largest absolute Gasteiger partial charge is 0.476 e. The molecule has 2 aromatic rings. The molecule has 0 radical (unpaired) electrons. The van der Waals surface area contributed by atoms with Crippen molar-refractivity contribution in [2.24, 2.45) is 5.41 Å². The second-order valence-corrected chi connectivity index (χ2v) is 9.70. The van der Waals surface area contributed by atoms with Crippen molar-refractivity contribution in [2.45, 2.75) is 59.9 Å². The van der Waals surface area contributed by atoms with E-state index in [0.717, 1.165) is 4.90 Å². The zero-order chi connectivity index (χ0) is 24.0. The van der Waals surface area contributed by atoms with E-state index in [1.807, 2.05) is 20.8 Å². The summed E-state index contributed by atoms with van der Waals surface area (Å²) in [5.74, 6) is -2.01. The zero-order valence-electron chi connectivity index (χ0n) is 18.2. The van der Waals surface area contributed by atoms with Gasteiger partial charge in [0, 0.05) is 11.8 Å². The standard InChI is InChI=1S/C21H23F4N3O3S/c1-10-6-13-17(15(22)16(10)27-14(29)7-20(3,4)5)31-11(2)18(30)28(13)8-12-9-32-19(26-12)21(23,24)25/h6,9,11H,7-8H2,1-5H3,(H,27,29). The number of nitrogens with zero attached hydrogens (tertiary/aromatic N) is 2. The van der Waals surface area contributed by atoms with Crippen molar-refractivity contribution < 1.29 is 31.9 Å². The molecule has 0 fully saturated rings. The fourth-order valence-electron chi connectivity index (χ4n) is 3.27. The Hall–Kier alpha value is -2.69. The Bertz CT molecular complexity index is 1060. The third-order valence-electron chi connectivity index (χ3n) is 4.67. The number of alkyl halides is 3. The highest BCUT2D eigenvalue weighted by molar-refractivity contribution is 7.09. The first-order valence-electron chi connectivity index (χ1n) is 9.80. The van der Waals surface area contributed by atoms with Crippen LogP contribution >= 0.6 is 11.3 Å². The summed E-state index contributed by atoms with van der Waals surface area (Å²) in [6.45, 7) is 8.32. The molecule has 1 aliphatic rings. The van der Waals surface area contributed by atoms with E-state index in [4.69, 9.17) is 4.74 Å². The summed E-state index contributed by atoms with van der Waals surface area (Å²) in [5.41, 5.74) is 0.0655. The molecule has 1 atom stereocenters.